The predicted octanol–water partition coefficient (Wildman–Crippen LogP) is 1.12. The van der Waals surface area contributed by atoms with Crippen LogP contribution in [0.3, 0.4) is 0 Å². The first-order valence-corrected chi connectivity index (χ1v) is 8.06. The van der Waals surface area contributed by atoms with E-state index in [0.717, 1.165) is 6.41 Å². The minimum Gasteiger partial charge on any atom is -0.467 e. The van der Waals surface area contributed by atoms with Crippen LogP contribution in [0.15, 0.2) is 47.1 Å². The molecule has 1 fully saturated rings. The summed E-state index contributed by atoms with van der Waals surface area (Å²) < 4.78 is 5.17. The molecule has 0 bridgehead atoms. The van der Waals surface area contributed by atoms with Gasteiger partial charge in [-0.05, 0) is 30.3 Å². The number of nitrogens with one attached hydrogen (secondary N) is 1. The van der Waals surface area contributed by atoms with Gasteiger partial charge < -0.3 is 19.5 Å². The van der Waals surface area contributed by atoms with Crippen LogP contribution in [0.25, 0.3) is 0 Å². The second kappa shape index (κ2) is 7.65. The zero-order chi connectivity index (χ0) is 17.6. The lowest BCUT2D eigenvalue weighted by atomic mass is 10.1. The van der Waals surface area contributed by atoms with Crippen molar-refractivity contribution < 1.29 is 18.8 Å². The Hall–Kier alpha value is -3.09. The second-order valence-corrected chi connectivity index (χ2v) is 5.78. The molecule has 1 N–H and O–H groups in total. The third-order valence-corrected chi connectivity index (χ3v) is 4.13. The molecule has 0 aliphatic carbocycles. The molecule has 130 valence electrons. The molecule has 0 spiro atoms. The van der Waals surface area contributed by atoms with Gasteiger partial charge in [-0.15, -0.1) is 0 Å². The number of benzene rings is 1. The van der Waals surface area contributed by atoms with Crippen molar-refractivity contribution in [2.24, 2.45) is 0 Å². The lowest BCUT2D eigenvalue weighted by Crippen LogP contribution is -2.48. The van der Waals surface area contributed by atoms with Crippen LogP contribution in [-0.2, 0) is 11.3 Å². The number of piperazine rings is 1. The molecule has 3 amide bonds. The van der Waals surface area contributed by atoms with Crippen LogP contribution in [0.5, 0.6) is 0 Å². The molecule has 1 aliphatic heterocycles. The summed E-state index contributed by atoms with van der Waals surface area (Å²) in [6, 6.07) is 10.2. The maximum atomic E-state index is 12.6. The highest BCUT2D eigenvalue weighted by molar-refractivity contribution is 5.99. The summed E-state index contributed by atoms with van der Waals surface area (Å²) in [4.78, 5) is 38.9. The van der Waals surface area contributed by atoms with E-state index in [0.29, 0.717) is 43.1 Å². The Labute approximate surface area is 145 Å². The molecular formula is C18H19N3O4. The van der Waals surface area contributed by atoms with Crippen LogP contribution in [-0.4, -0.2) is 54.2 Å². The fraction of sp³-hybridized carbons (Fsp3) is 0.278. The van der Waals surface area contributed by atoms with Gasteiger partial charge in [0.2, 0.25) is 6.41 Å². The van der Waals surface area contributed by atoms with Gasteiger partial charge in [0.25, 0.3) is 11.8 Å². The summed E-state index contributed by atoms with van der Waals surface area (Å²) in [6.07, 6.45) is 2.34. The highest BCUT2D eigenvalue weighted by Crippen LogP contribution is 2.11. The summed E-state index contributed by atoms with van der Waals surface area (Å²) in [5.74, 6) is 0.261. The van der Waals surface area contributed by atoms with Gasteiger partial charge in [-0.25, -0.2) is 0 Å². The highest BCUT2D eigenvalue weighted by Gasteiger charge is 2.22. The van der Waals surface area contributed by atoms with Crippen molar-refractivity contribution in [3.05, 3.63) is 59.5 Å². The van der Waals surface area contributed by atoms with Crippen molar-refractivity contribution in [3.8, 4) is 0 Å². The molecule has 1 aromatic heterocycles. The Morgan fingerprint density at radius 2 is 1.84 bits per heavy atom. The van der Waals surface area contributed by atoms with E-state index < -0.39 is 0 Å². The van der Waals surface area contributed by atoms with Gasteiger partial charge >= 0.3 is 0 Å². The van der Waals surface area contributed by atoms with E-state index >= 15 is 0 Å². The normalized spacial score (nSPS) is 14.2. The summed E-state index contributed by atoms with van der Waals surface area (Å²) >= 11 is 0. The van der Waals surface area contributed by atoms with Gasteiger partial charge in [-0.3, -0.25) is 14.4 Å². The molecule has 2 aromatic rings. The van der Waals surface area contributed by atoms with Gasteiger partial charge in [-0.1, -0.05) is 6.07 Å². The van der Waals surface area contributed by atoms with Crippen molar-refractivity contribution in [1.29, 1.82) is 0 Å². The first-order valence-electron chi connectivity index (χ1n) is 8.06. The Bertz CT molecular complexity index is 749. The van der Waals surface area contributed by atoms with Gasteiger partial charge in [0.1, 0.15) is 5.76 Å². The molecular weight excluding hydrogens is 322 g/mol. The second-order valence-electron chi connectivity index (χ2n) is 5.78. The monoisotopic (exact) mass is 341 g/mol. The number of rotatable bonds is 5. The molecule has 1 aliphatic rings. The van der Waals surface area contributed by atoms with Gasteiger partial charge in [0.05, 0.1) is 12.8 Å². The Morgan fingerprint density at radius 1 is 1.08 bits per heavy atom. The van der Waals surface area contributed by atoms with Crippen molar-refractivity contribution in [1.82, 2.24) is 15.1 Å². The fourth-order valence-corrected chi connectivity index (χ4v) is 2.69. The summed E-state index contributed by atoms with van der Waals surface area (Å²) in [5, 5.41) is 2.76. The maximum Gasteiger partial charge on any atom is 0.253 e. The molecule has 1 aromatic carbocycles. The van der Waals surface area contributed by atoms with E-state index in [1.807, 2.05) is 0 Å². The molecule has 2 heterocycles. The standard InChI is InChI=1S/C18H19N3O4/c22-13-20-6-8-21(9-7-20)18(24)15-4-1-3-14(11-15)17(23)19-12-16-5-2-10-25-16/h1-5,10-11,13H,6-9,12H2,(H,19,23). The Kier molecular flexibility index (Phi) is 5.13. The molecule has 25 heavy (non-hydrogen) atoms. The molecule has 7 heteroatoms. The van der Waals surface area contributed by atoms with Crippen molar-refractivity contribution >= 4 is 18.2 Å². The zero-order valence-corrected chi connectivity index (χ0v) is 13.7. The van der Waals surface area contributed by atoms with Crippen LogP contribution in [0.2, 0.25) is 0 Å². The van der Waals surface area contributed by atoms with E-state index in [9.17, 15) is 14.4 Å². The third kappa shape index (κ3) is 4.06. The lowest BCUT2D eigenvalue weighted by Gasteiger charge is -2.32. The number of amides is 3. The number of carbonyl (C=O) groups excluding carboxylic acids is 3. The predicted molar refractivity (Wildman–Crippen MR) is 89.9 cm³/mol. The smallest absolute Gasteiger partial charge is 0.253 e. The molecule has 0 radical (unpaired) electrons. The van der Waals surface area contributed by atoms with Crippen LogP contribution in [0, 0.1) is 0 Å². The molecule has 7 nitrogen and oxygen atoms in total. The van der Waals surface area contributed by atoms with E-state index in [-0.39, 0.29) is 18.4 Å². The number of hydrogen-bond donors (Lipinski definition) is 1. The quantitative estimate of drug-likeness (QED) is 0.826. The molecule has 0 unspecified atom stereocenters. The summed E-state index contributed by atoms with van der Waals surface area (Å²) in [7, 11) is 0. The first-order chi connectivity index (χ1) is 12.2. The molecule has 1 saturated heterocycles. The number of furan rings is 1. The Balaban J connectivity index is 1.63. The topological polar surface area (TPSA) is 82.9 Å². The largest absolute Gasteiger partial charge is 0.467 e. The average Bonchev–Trinajstić information content (AvgIpc) is 3.19. The van der Waals surface area contributed by atoms with E-state index in [1.54, 1.807) is 52.5 Å². The number of carbonyl (C=O) groups is 3. The SMILES string of the molecule is O=CN1CCN(C(=O)c2cccc(C(=O)NCc3ccco3)c2)CC1. The van der Waals surface area contributed by atoms with E-state index in [1.165, 1.54) is 0 Å². The zero-order valence-electron chi connectivity index (χ0n) is 13.7. The lowest BCUT2D eigenvalue weighted by molar-refractivity contribution is -0.119. The Morgan fingerprint density at radius 3 is 2.52 bits per heavy atom. The van der Waals surface area contributed by atoms with Gasteiger partial charge in [0.15, 0.2) is 0 Å². The summed E-state index contributed by atoms with van der Waals surface area (Å²) in [5.41, 5.74) is 0.883. The maximum absolute atomic E-state index is 12.6. The van der Waals surface area contributed by atoms with E-state index in [4.69, 9.17) is 4.42 Å². The van der Waals surface area contributed by atoms with Crippen LogP contribution in [0.1, 0.15) is 26.5 Å². The minimum atomic E-state index is -0.267. The van der Waals surface area contributed by atoms with Crippen molar-refractivity contribution in [2.45, 2.75) is 6.54 Å². The number of nitrogens with zero attached hydrogens (tertiary/aromatic N) is 2. The average molecular weight is 341 g/mol. The third-order valence-electron chi connectivity index (χ3n) is 4.13. The van der Waals surface area contributed by atoms with Gasteiger partial charge in [0, 0.05) is 37.3 Å². The molecule has 3 rings (SSSR count). The minimum absolute atomic E-state index is 0.133. The van der Waals surface area contributed by atoms with Crippen molar-refractivity contribution in [3.63, 3.8) is 0 Å². The van der Waals surface area contributed by atoms with E-state index in [2.05, 4.69) is 5.32 Å². The highest BCUT2D eigenvalue weighted by atomic mass is 16.3. The van der Waals surface area contributed by atoms with Crippen molar-refractivity contribution in [2.75, 3.05) is 26.2 Å². The van der Waals surface area contributed by atoms with Gasteiger partial charge in [-0.2, -0.15) is 0 Å². The first kappa shape index (κ1) is 16.8. The molecule has 0 atom stereocenters. The van der Waals surface area contributed by atoms with Crippen LogP contribution < -0.4 is 5.32 Å². The van der Waals surface area contributed by atoms with Crippen LogP contribution >= 0.6 is 0 Å². The van der Waals surface area contributed by atoms with Crippen LogP contribution in [0.4, 0.5) is 0 Å². The summed E-state index contributed by atoms with van der Waals surface area (Å²) in [6.45, 7) is 2.33. The molecule has 0 saturated carbocycles. The number of hydrogen-bond acceptors (Lipinski definition) is 4. The fourth-order valence-electron chi connectivity index (χ4n) is 2.69.